The molecule has 1 aliphatic heterocycles. The molecule has 0 aromatic heterocycles. The Labute approximate surface area is 114 Å². The van der Waals surface area contributed by atoms with Crippen LogP contribution < -0.4 is 10.1 Å². The van der Waals surface area contributed by atoms with Crippen LogP contribution in [0.3, 0.4) is 0 Å². The van der Waals surface area contributed by atoms with Gasteiger partial charge in [0.25, 0.3) is 0 Å². The maximum Gasteiger partial charge on any atom is 0.119 e. The maximum atomic E-state index is 5.45. The lowest BCUT2D eigenvalue weighted by atomic mass is 10.2. The van der Waals surface area contributed by atoms with Gasteiger partial charge in [-0.2, -0.15) is 11.8 Å². The van der Waals surface area contributed by atoms with E-state index in [1.165, 1.54) is 24.2 Å². The summed E-state index contributed by atoms with van der Waals surface area (Å²) < 4.78 is 5.45. The van der Waals surface area contributed by atoms with Crippen LogP contribution in [0, 0.1) is 0 Å². The normalized spacial score (nSPS) is 18.8. The molecular formula is C15H21NOS. The molecule has 98 valence electrons. The number of hydrogen-bond acceptors (Lipinski definition) is 3. The highest BCUT2D eigenvalue weighted by Crippen LogP contribution is 2.25. The molecule has 1 atom stereocenters. The van der Waals surface area contributed by atoms with Gasteiger partial charge in [0.2, 0.25) is 0 Å². The van der Waals surface area contributed by atoms with Gasteiger partial charge in [0.1, 0.15) is 12.4 Å². The predicted octanol–water partition coefficient (Wildman–Crippen LogP) is 3.24. The molecule has 1 aromatic rings. The van der Waals surface area contributed by atoms with Crippen molar-refractivity contribution >= 4 is 11.8 Å². The van der Waals surface area contributed by atoms with Crippen LogP contribution in [-0.2, 0) is 6.54 Å². The zero-order valence-electron chi connectivity index (χ0n) is 10.7. The highest BCUT2D eigenvalue weighted by atomic mass is 32.2. The number of benzene rings is 1. The second-order valence-electron chi connectivity index (χ2n) is 4.51. The zero-order chi connectivity index (χ0) is 12.6. The average Bonchev–Trinajstić information content (AvgIpc) is 2.91. The molecule has 1 saturated heterocycles. The Balaban J connectivity index is 1.70. The number of ether oxygens (including phenoxy) is 1. The lowest BCUT2D eigenvalue weighted by Crippen LogP contribution is -2.22. The zero-order valence-corrected chi connectivity index (χ0v) is 11.5. The van der Waals surface area contributed by atoms with Crippen molar-refractivity contribution in [3.05, 3.63) is 42.5 Å². The van der Waals surface area contributed by atoms with Gasteiger partial charge in [-0.1, -0.05) is 24.8 Å². The van der Waals surface area contributed by atoms with E-state index >= 15 is 0 Å². The van der Waals surface area contributed by atoms with E-state index in [0.29, 0.717) is 6.61 Å². The third-order valence-corrected chi connectivity index (χ3v) is 4.41. The largest absolute Gasteiger partial charge is 0.490 e. The van der Waals surface area contributed by atoms with E-state index in [-0.39, 0.29) is 0 Å². The SMILES string of the molecule is C=CCOc1ccc(CNCC2CCCS2)cc1. The van der Waals surface area contributed by atoms with Gasteiger partial charge in [-0.3, -0.25) is 0 Å². The van der Waals surface area contributed by atoms with Gasteiger partial charge in [-0.05, 0) is 36.3 Å². The molecule has 1 aliphatic rings. The summed E-state index contributed by atoms with van der Waals surface area (Å²) in [6.45, 7) is 6.27. The lowest BCUT2D eigenvalue weighted by molar-refractivity contribution is 0.363. The van der Waals surface area contributed by atoms with Crippen LogP contribution in [0.15, 0.2) is 36.9 Å². The van der Waals surface area contributed by atoms with E-state index in [1.807, 2.05) is 12.1 Å². The topological polar surface area (TPSA) is 21.3 Å². The Bertz CT molecular complexity index is 357. The van der Waals surface area contributed by atoms with E-state index in [9.17, 15) is 0 Å². The van der Waals surface area contributed by atoms with Crippen LogP contribution in [0.4, 0.5) is 0 Å². The van der Waals surface area contributed by atoms with E-state index in [4.69, 9.17) is 4.74 Å². The molecule has 1 heterocycles. The summed E-state index contributed by atoms with van der Waals surface area (Å²) in [4.78, 5) is 0. The number of thioether (sulfide) groups is 1. The summed E-state index contributed by atoms with van der Waals surface area (Å²) in [5, 5.41) is 4.35. The molecule has 1 unspecified atom stereocenters. The van der Waals surface area contributed by atoms with Crippen LogP contribution >= 0.6 is 11.8 Å². The second-order valence-corrected chi connectivity index (χ2v) is 5.92. The van der Waals surface area contributed by atoms with E-state index in [0.717, 1.165) is 24.1 Å². The van der Waals surface area contributed by atoms with Crippen LogP contribution in [0.1, 0.15) is 18.4 Å². The molecule has 1 N–H and O–H groups in total. The Morgan fingerprint density at radius 2 is 2.22 bits per heavy atom. The van der Waals surface area contributed by atoms with Gasteiger partial charge in [0.05, 0.1) is 0 Å². The molecule has 3 heteroatoms. The first-order chi connectivity index (χ1) is 8.88. The van der Waals surface area contributed by atoms with Crippen molar-refractivity contribution in [1.29, 1.82) is 0 Å². The Hall–Kier alpha value is -0.930. The van der Waals surface area contributed by atoms with Crippen LogP contribution in [0.25, 0.3) is 0 Å². The Kier molecular flexibility index (Phi) is 5.62. The first kappa shape index (κ1) is 13.5. The van der Waals surface area contributed by atoms with Crippen LogP contribution in [0.2, 0.25) is 0 Å². The third kappa shape index (κ3) is 4.39. The molecular weight excluding hydrogens is 242 g/mol. The predicted molar refractivity (Wildman–Crippen MR) is 79.3 cm³/mol. The summed E-state index contributed by atoms with van der Waals surface area (Å²) in [5.41, 5.74) is 1.31. The first-order valence-electron chi connectivity index (χ1n) is 6.53. The van der Waals surface area contributed by atoms with Gasteiger partial charge >= 0.3 is 0 Å². The quantitative estimate of drug-likeness (QED) is 0.763. The summed E-state index contributed by atoms with van der Waals surface area (Å²) in [7, 11) is 0. The fraction of sp³-hybridized carbons (Fsp3) is 0.467. The minimum absolute atomic E-state index is 0.566. The molecule has 18 heavy (non-hydrogen) atoms. The maximum absolute atomic E-state index is 5.45. The summed E-state index contributed by atoms with van der Waals surface area (Å²) in [6, 6.07) is 8.27. The molecule has 1 aromatic carbocycles. The molecule has 2 rings (SSSR count). The van der Waals surface area contributed by atoms with Crippen molar-refractivity contribution < 1.29 is 4.74 Å². The van der Waals surface area contributed by atoms with Gasteiger partial charge in [0.15, 0.2) is 0 Å². The first-order valence-corrected chi connectivity index (χ1v) is 7.58. The van der Waals surface area contributed by atoms with Gasteiger partial charge in [0, 0.05) is 18.3 Å². The molecule has 0 bridgehead atoms. The van der Waals surface area contributed by atoms with Gasteiger partial charge in [-0.15, -0.1) is 0 Å². The Morgan fingerprint density at radius 3 is 2.89 bits per heavy atom. The highest BCUT2D eigenvalue weighted by Gasteiger charge is 2.14. The third-order valence-electron chi connectivity index (χ3n) is 3.02. The smallest absolute Gasteiger partial charge is 0.119 e. The highest BCUT2D eigenvalue weighted by molar-refractivity contribution is 8.00. The van der Waals surface area contributed by atoms with Gasteiger partial charge in [-0.25, -0.2) is 0 Å². The summed E-state index contributed by atoms with van der Waals surface area (Å²) in [6.07, 6.45) is 4.51. The fourth-order valence-electron chi connectivity index (χ4n) is 2.04. The van der Waals surface area contributed by atoms with Gasteiger partial charge < -0.3 is 10.1 Å². The minimum atomic E-state index is 0.566. The monoisotopic (exact) mass is 263 g/mol. The Morgan fingerprint density at radius 1 is 1.39 bits per heavy atom. The van der Waals surface area contributed by atoms with E-state index in [1.54, 1.807) is 6.08 Å². The van der Waals surface area contributed by atoms with Crippen molar-refractivity contribution in [3.63, 3.8) is 0 Å². The molecule has 0 saturated carbocycles. The molecule has 1 fully saturated rings. The van der Waals surface area contributed by atoms with Crippen molar-refractivity contribution in [1.82, 2.24) is 5.32 Å². The van der Waals surface area contributed by atoms with E-state index in [2.05, 4.69) is 35.8 Å². The molecule has 0 radical (unpaired) electrons. The lowest BCUT2D eigenvalue weighted by Gasteiger charge is -2.10. The fourth-order valence-corrected chi connectivity index (χ4v) is 3.28. The summed E-state index contributed by atoms with van der Waals surface area (Å²) in [5.74, 6) is 2.24. The summed E-state index contributed by atoms with van der Waals surface area (Å²) >= 11 is 2.10. The number of rotatable bonds is 7. The van der Waals surface area contributed by atoms with E-state index < -0.39 is 0 Å². The number of nitrogens with one attached hydrogen (secondary N) is 1. The van der Waals surface area contributed by atoms with Crippen LogP contribution in [-0.4, -0.2) is 24.2 Å². The molecule has 0 amide bonds. The van der Waals surface area contributed by atoms with Crippen molar-refractivity contribution in [2.45, 2.75) is 24.6 Å². The van der Waals surface area contributed by atoms with Crippen molar-refractivity contribution in [2.75, 3.05) is 18.9 Å². The minimum Gasteiger partial charge on any atom is -0.490 e. The molecule has 0 spiro atoms. The average molecular weight is 263 g/mol. The van der Waals surface area contributed by atoms with Crippen molar-refractivity contribution in [2.24, 2.45) is 0 Å². The standard InChI is InChI=1S/C15H21NOS/c1-2-9-17-14-7-5-13(6-8-14)11-16-12-15-4-3-10-18-15/h2,5-8,15-16H,1,3-4,9-12H2. The second kappa shape index (κ2) is 7.49. The number of hydrogen-bond donors (Lipinski definition) is 1. The van der Waals surface area contributed by atoms with Crippen LogP contribution in [0.5, 0.6) is 5.75 Å². The van der Waals surface area contributed by atoms with Crippen molar-refractivity contribution in [3.8, 4) is 5.75 Å². The molecule has 0 aliphatic carbocycles. The molecule has 2 nitrogen and oxygen atoms in total.